The molecule has 1 aromatic heterocycles. The van der Waals surface area contributed by atoms with Gasteiger partial charge in [-0.3, -0.25) is 9.88 Å². The highest BCUT2D eigenvalue weighted by atomic mass is 16.5. The van der Waals surface area contributed by atoms with Crippen LogP contribution in [0.4, 0.5) is 0 Å². The first-order valence-corrected chi connectivity index (χ1v) is 10.2. The third kappa shape index (κ3) is 5.05. The molecule has 31 heavy (non-hydrogen) atoms. The van der Waals surface area contributed by atoms with Crippen LogP contribution < -0.4 is 9.47 Å². The normalized spacial score (nSPS) is 15.2. The zero-order valence-electron chi connectivity index (χ0n) is 17.4. The minimum absolute atomic E-state index is 0.130. The molecule has 0 amide bonds. The maximum Gasteiger partial charge on any atom is 0.161 e. The Balaban J connectivity index is 1.46. The van der Waals surface area contributed by atoms with E-state index < -0.39 is 6.10 Å². The molecular formula is C25H26N2O4. The van der Waals surface area contributed by atoms with Crippen LogP contribution in [0.5, 0.6) is 17.2 Å². The second-order valence-electron chi connectivity index (χ2n) is 7.47. The van der Waals surface area contributed by atoms with E-state index in [1.54, 1.807) is 24.5 Å². The number of ether oxygens (including phenoxy) is 2. The number of hydrogen-bond acceptors (Lipinski definition) is 6. The lowest BCUT2D eigenvalue weighted by Gasteiger charge is -2.18. The average Bonchev–Trinajstić information content (AvgIpc) is 3.01. The van der Waals surface area contributed by atoms with Crippen molar-refractivity contribution in [3.63, 3.8) is 0 Å². The van der Waals surface area contributed by atoms with Crippen molar-refractivity contribution in [2.45, 2.75) is 12.6 Å². The largest absolute Gasteiger partial charge is 0.504 e. The van der Waals surface area contributed by atoms with Crippen molar-refractivity contribution in [1.82, 2.24) is 9.88 Å². The fraction of sp³-hybridized carbons (Fsp3) is 0.240. The summed E-state index contributed by atoms with van der Waals surface area (Å²) in [5.74, 6) is 1.45. The molecule has 0 bridgehead atoms. The number of phenolic OH excluding ortho intramolecular Hbond substituents is 1. The Labute approximate surface area is 182 Å². The van der Waals surface area contributed by atoms with Gasteiger partial charge in [-0.25, -0.2) is 0 Å². The smallest absolute Gasteiger partial charge is 0.161 e. The van der Waals surface area contributed by atoms with E-state index in [2.05, 4.69) is 16.0 Å². The Hall–Kier alpha value is -3.35. The molecule has 2 aromatic carbocycles. The predicted molar refractivity (Wildman–Crippen MR) is 119 cm³/mol. The molecule has 4 rings (SSSR count). The van der Waals surface area contributed by atoms with Crippen molar-refractivity contribution >= 4 is 6.08 Å². The van der Waals surface area contributed by atoms with Crippen molar-refractivity contribution in [3.8, 4) is 17.2 Å². The summed E-state index contributed by atoms with van der Waals surface area (Å²) >= 11 is 0. The van der Waals surface area contributed by atoms with Gasteiger partial charge in [-0.1, -0.05) is 30.4 Å². The predicted octanol–water partition coefficient (Wildman–Crippen LogP) is 3.79. The Morgan fingerprint density at radius 2 is 2.10 bits per heavy atom. The summed E-state index contributed by atoms with van der Waals surface area (Å²) in [4.78, 5) is 6.39. The van der Waals surface area contributed by atoms with E-state index in [9.17, 15) is 10.2 Å². The van der Waals surface area contributed by atoms with E-state index in [1.807, 2.05) is 42.5 Å². The highest BCUT2D eigenvalue weighted by Gasteiger charge is 2.18. The SMILES string of the molecule is COc1cc(/C=C/CN2CCOc3ccc(C(O)c4cccnc4)cc3C2)ccc1O. The highest BCUT2D eigenvalue weighted by molar-refractivity contribution is 5.55. The molecule has 6 nitrogen and oxygen atoms in total. The fourth-order valence-corrected chi connectivity index (χ4v) is 3.66. The topological polar surface area (TPSA) is 75.1 Å². The van der Waals surface area contributed by atoms with Gasteiger partial charge in [0.1, 0.15) is 18.5 Å². The molecule has 1 aliphatic rings. The zero-order valence-corrected chi connectivity index (χ0v) is 17.4. The van der Waals surface area contributed by atoms with Gasteiger partial charge >= 0.3 is 0 Å². The standard InChI is InChI=1S/C25H26N2O4/c1-30-24-14-18(6-8-22(24)28)4-3-11-27-12-13-31-23-9-7-19(15-21(23)17-27)25(29)20-5-2-10-26-16-20/h2-10,14-16,25,28-29H,11-13,17H2,1H3/b4-3+. The minimum atomic E-state index is -0.722. The summed E-state index contributed by atoms with van der Waals surface area (Å²) in [6.45, 7) is 2.89. The number of nitrogens with zero attached hydrogens (tertiary/aromatic N) is 2. The average molecular weight is 418 g/mol. The molecule has 2 heterocycles. The monoisotopic (exact) mass is 418 g/mol. The van der Waals surface area contributed by atoms with E-state index in [0.717, 1.165) is 47.6 Å². The number of aromatic hydroxyl groups is 1. The zero-order chi connectivity index (χ0) is 21.6. The number of pyridine rings is 1. The number of aliphatic hydroxyl groups is 1. The molecule has 160 valence electrons. The first kappa shape index (κ1) is 20.9. The number of hydrogen-bond donors (Lipinski definition) is 2. The third-order valence-electron chi connectivity index (χ3n) is 5.34. The summed E-state index contributed by atoms with van der Waals surface area (Å²) in [6.07, 6.45) is 6.76. The molecule has 0 aliphatic carbocycles. The van der Waals surface area contributed by atoms with E-state index in [1.165, 1.54) is 7.11 Å². The maximum absolute atomic E-state index is 10.7. The minimum Gasteiger partial charge on any atom is -0.504 e. The molecule has 2 N–H and O–H groups in total. The molecule has 1 atom stereocenters. The molecule has 6 heteroatoms. The highest BCUT2D eigenvalue weighted by Crippen LogP contribution is 2.30. The van der Waals surface area contributed by atoms with Crippen LogP contribution in [0.2, 0.25) is 0 Å². The van der Waals surface area contributed by atoms with Crippen LogP contribution in [0.15, 0.2) is 67.0 Å². The molecular weight excluding hydrogens is 392 g/mol. The van der Waals surface area contributed by atoms with Gasteiger partial charge in [-0.15, -0.1) is 0 Å². The quantitative estimate of drug-likeness (QED) is 0.635. The second-order valence-corrected chi connectivity index (χ2v) is 7.47. The van der Waals surface area contributed by atoms with Gasteiger partial charge in [-0.05, 0) is 41.5 Å². The lowest BCUT2D eigenvalue weighted by atomic mass is 10.0. The second kappa shape index (κ2) is 9.64. The van der Waals surface area contributed by atoms with Crippen LogP contribution >= 0.6 is 0 Å². The van der Waals surface area contributed by atoms with Gasteiger partial charge < -0.3 is 19.7 Å². The van der Waals surface area contributed by atoms with Gasteiger partial charge in [0.2, 0.25) is 0 Å². The molecule has 0 saturated heterocycles. The summed E-state index contributed by atoms with van der Waals surface area (Å²) < 4.78 is 11.1. The summed E-state index contributed by atoms with van der Waals surface area (Å²) in [6, 6.07) is 14.8. The molecule has 0 fully saturated rings. The van der Waals surface area contributed by atoms with Gasteiger partial charge in [0.25, 0.3) is 0 Å². The Kier molecular flexibility index (Phi) is 6.50. The summed E-state index contributed by atoms with van der Waals surface area (Å²) in [7, 11) is 1.54. The molecule has 1 unspecified atom stereocenters. The number of benzene rings is 2. The molecule has 3 aromatic rings. The number of aromatic nitrogens is 1. The van der Waals surface area contributed by atoms with Crippen molar-refractivity contribution in [2.24, 2.45) is 0 Å². The molecule has 0 saturated carbocycles. The third-order valence-corrected chi connectivity index (χ3v) is 5.34. The van der Waals surface area contributed by atoms with E-state index >= 15 is 0 Å². The van der Waals surface area contributed by atoms with Crippen molar-refractivity contribution in [1.29, 1.82) is 0 Å². The van der Waals surface area contributed by atoms with Gasteiger partial charge in [0.05, 0.1) is 7.11 Å². The first-order valence-electron chi connectivity index (χ1n) is 10.2. The van der Waals surface area contributed by atoms with E-state index in [4.69, 9.17) is 9.47 Å². The molecule has 0 radical (unpaired) electrons. The Morgan fingerprint density at radius 1 is 1.19 bits per heavy atom. The van der Waals surface area contributed by atoms with Crippen LogP contribution in [0.3, 0.4) is 0 Å². The first-order chi connectivity index (χ1) is 15.1. The lowest BCUT2D eigenvalue weighted by molar-refractivity contribution is 0.219. The summed E-state index contributed by atoms with van der Waals surface area (Å²) in [5.41, 5.74) is 3.60. The Bertz CT molecular complexity index is 1050. The van der Waals surface area contributed by atoms with E-state index in [0.29, 0.717) is 12.4 Å². The number of phenols is 1. The number of aliphatic hydroxyl groups excluding tert-OH is 1. The number of fused-ring (bicyclic) bond motifs is 1. The fourth-order valence-electron chi connectivity index (χ4n) is 3.66. The van der Waals surface area contributed by atoms with Crippen LogP contribution in [0.1, 0.15) is 28.4 Å². The van der Waals surface area contributed by atoms with Crippen LogP contribution in [0.25, 0.3) is 6.08 Å². The van der Waals surface area contributed by atoms with Crippen LogP contribution in [0, 0.1) is 0 Å². The van der Waals surface area contributed by atoms with Gasteiger partial charge in [0.15, 0.2) is 11.5 Å². The number of methoxy groups -OCH3 is 1. The lowest BCUT2D eigenvalue weighted by Crippen LogP contribution is -2.25. The van der Waals surface area contributed by atoms with Gasteiger partial charge in [-0.2, -0.15) is 0 Å². The summed E-state index contributed by atoms with van der Waals surface area (Å²) in [5, 5.41) is 20.5. The van der Waals surface area contributed by atoms with Crippen molar-refractivity contribution in [3.05, 3.63) is 89.3 Å². The van der Waals surface area contributed by atoms with Crippen LogP contribution in [-0.2, 0) is 6.54 Å². The number of rotatable bonds is 6. The maximum atomic E-state index is 10.7. The van der Waals surface area contributed by atoms with Gasteiger partial charge in [0, 0.05) is 43.2 Å². The van der Waals surface area contributed by atoms with E-state index in [-0.39, 0.29) is 5.75 Å². The van der Waals surface area contributed by atoms with Crippen LogP contribution in [-0.4, -0.2) is 46.9 Å². The van der Waals surface area contributed by atoms with Crippen molar-refractivity contribution < 1.29 is 19.7 Å². The van der Waals surface area contributed by atoms with Crippen molar-refractivity contribution in [2.75, 3.05) is 26.8 Å². The molecule has 1 aliphatic heterocycles. The molecule has 0 spiro atoms. The Morgan fingerprint density at radius 3 is 2.90 bits per heavy atom.